The maximum atomic E-state index is 10.8. The molecule has 2 aliphatic carbocycles. The molecule has 0 aromatic heterocycles. The van der Waals surface area contributed by atoms with Crippen LogP contribution >= 0.6 is 0 Å². The Morgan fingerprint density at radius 2 is 1.75 bits per heavy atom. The van der Waals surface area contributed by atoms with E-state index in [0.717, 1.165) is 38.4 Å². The summed E-state index contributed by atoms with van der Waals surface area (Å²) in [6, 6.07) is 0. The highest BCUT2D eigenvalue weighted by atomic mass is 16.5. The van der Waals surface area contributed by atoms with Crippen molar-refractivity contribution in [3.8, 4) is 0 Å². The van der Waals surface area contributed by atoms with E-state index < -0.39 is 0 Å². The van der Waals surface area contributed by atoms with Gasteiger partial charge in [-0.15, -0.1) is 0 Å². The third-order valence-corrected chi connectivity index (χ3v) is 8.20. The molecule has 0 amide bonds. The fourth-order valence-electron chi connectivity index (χ4n) is 6.05. The van der Waals surface area contributed by atoms with Gasteiger partial charge >= 0.3 is 0 Å². The summed E-state index contributed by atoms with van der Waals surface area (Å²) in [6.45, 7) is 7.17. The molecular formula is C24H44O4. The summed E-state index contributed by atoms with van der Waals surface area (Å²) in [5.41, 5.74) is 0. The van der Waals surface area contributed by atoms with Gasteiger partial charge in [-0.2, -0.15) is 0 Å². The van der Waals surface area contributed by atoms with Gasteiger partial charge in [0, 0.05) is 19.8 Å². The van der Waals surface area contributed by atoms with E-state index in [9.17, 15) is 10.2 Å². The SMILES string of the molecule is CC1CC[C@H]2CCC[C@@H]([C@@H](C)[C@H](O)CCOCC3CCC(CO)CC3)C2CO1. The smallest absolute Gasteiger partial charge is 0.0590 e. The van der Waals surface area contributed by atoms with Gasteiger partial charge in [0.05, 0.1) is 18.8 Å². The van der Waals surface area contributed by atoms with Gasteiger partial charge in [0.15, 0.2) is 0 Å². The molecule has 4 heteroatoms. The van der Waals surface area contributed by atoms with Crippen LogP contribution in [-0.2, 0) is 9.47 Å². The lowest BCUT2D eigenvalue weighted by Crippen LogP contribution is -2.39. The quantitative estimate of drug-likeness (QED) is 0.596. The number of hydrogen-bond donors (Lipinski definition) is 2. The number of aliphatic hydroxyl groups is 2. The second-order valence-electron chi connectivity index (χ2n) is 10.1. The molecular weight excluding hydrogens is 352 g/mol. The maximum Gasteiger partial charge on any atom is 0.0590 e. The molecule has 2 unspecified atom stereocenters. The molecule has 0 aromatic carbocycles. The van der Waals surface area contributed by atoms with Gasteiger partial charge in [0.1, 0.15) is 0 Å². The van der Waals surface area contributed by atoms with Gasteiger partial charge in [-0.3, -0.25) is 0 Å². The van der Waals surface area contributed by atoms with Crippen LogP contribution in [0.2, 0.25) is 0 Å². The summed E-state index contributed by atoms with van der Waals surface area (Å²) in [6.07, 6.45) is 11.9. The minimum absolute atomic E-state index is 0.269. The zero-order valence-electron chi connectivity index (χ0n) is 18.2. The van der Waals surface area contributed by atoms with Gasteiger partial charge in [0.2, 0.25) is 0 Å². The predicted molar refractivity (Wildman–Crippen MR) is 112 cm³/mol. The van der Waals surface area contributed by atoms with Crippen molar-refractivity contribution in [2.75, 3.05) is 26.4 Å². The average Bonchev–Trinajstić information content (AvgIpc) is 2.92. The van der Waals surface area contributed by atoms with Crippen molar-refractivity contribution in [2.45, 2.75) is 90.3 Å². The topological polar surface area (TPSA) is 58.9 Å². The van der Waals surface area contributed by atoms with Gasteiger partial charge in [0.25, 0.3) is 0 Å². The highest BCUT2D eigenvalue weighted by Crippen LogP contribution is 2.44. The lowest BCUT2D eigenvalue weighted by Gasteiger charge is -2.41. The molecule has 2 N–H and O–H groups in total. The van der Waals surface area contributed by atoms with E-state index in [4.69, 9.17) is 9.47 Å². The first kappa shape index (κ1) is 22.5. The van der Waals surface area contributed by atoms with Crippen LogP contribution in [0, 0.1) is 35.5 Å². The van der Waals surface area contributed by atoms with Crippen LogP contribution in [0.4, 0.5) is 0 Å². The van der Waals surface area contributed by atoms with Crippen molar-refractivity contribution in [2.24, 2.45) is 35.5 Å². The minimum atomic E-state index is -0.269. The van der Waals surface area contributed by atoms with Crippen molar-refractivity contribution in [1.29, 1.82) is 0 Å². The van der Waals surface area contributed by atoms with Crippen molar-refractivity contribution in [1.82, 2.24) is 0 Å². The minimum Gasteiger partial charge on any atom is -0.396 e. The molecule has 1 saturated heterocycles. The molecule has 6 atom stereocenters. The van der Waals surface area contributed by atoms with E-state index in [2.05, 4.69) is 13.8 Å². The Morgan fingerprint density at radius 3 is 2.50 bits per heavy atom. The Bertz CT molecular complexity index is 434. The molecule has 0 spiro atoms. The zero-order valence-corrected chi connectivity index (χ0v) is 18.2. The third kappa shape index (κ3) is 6.17. The first-order valence-electron chi connectivity index (χ1n) is 12.1. The van der Waals surface area contributed by atoms with Crippen molar-refractivity contribution in [3.63, 3.8) is 0 Å². The van der Waals surface area contributed by atoms with E-state index in [1.165, 1.54) is 44.9 Å². The lowest BCUT2D eigenvalue weighted by molar-refractivity contribution is -0.0309. The van der Waals surface area contributed by atoms with E-state index in [0.29, 0.717) is 48.9 Å². The molecule has 2 saturated carbocycles. The molecule has 0 aromatic rings. The summed E-state index contributed by atoms with van der Waals surface area (Å²) < 4.78 is 12.0. The van der Waals surface area contributed by atoms with Crippen LogP contribution in [0.25, 0.3) is 0 Å². The van der Waals surface area contributed by atoms with Crippen LogP contribution in [0.15, 0.2) is 0 Å². The molecule has 1 aliphatic heterocycles. The Hall–Kier alpha value is -0.160. The summed E-state index contributed by atoms with van der Waals surface area (Å²) >= 11 is 0. The largest absolute Gasteiger partial charge is 0.396 e. The molecule has 3 aliphatic rings. The monoisotopic (exact) mass is 396 g/mol. The van der Waals surface area contributed by atoms with Gasteiger partial charge in [-0.25, -0.2) is 0 Å². The fraction of sp³-hybridized carbons (Fsp3) is 1.00. The van der Waals surface area contributed by atoms with Crippen LogP contribution < -0.4 is 0 Å². The van der Waals surface area contributed by atoms with E-state index in [1.807, 2.05) is 0 Å². The molecule has 0 bridgehead atoms. The fourth-order valence-corrected chi connectivity index (χ4v) is 6.05. The van der Waals surface area contributed by atoms with Crippen molar-refractivity contribution < 1.29 is 19.7 Å². The van der Waals surface area contributed by atoms with E-state index in [-0.39, 0.29) is 6.10 Å². The average molecular weight is 397 g/mol. The second-order valence-corrected chi connectivity index (χ2v) is 10.1. The number of ether oxygens (including phenoxy) is 2. The summed E-state index contributed by atoms with van der Waals surface area (Å²) in [5, 5.41) is 20.1. The van der Waals surface area contributed by atoms with E-state index in [1.54, 1.807) is 0 Å². The molecule has 1 heterocycles. The van der Waals surface area contributed by atoms with Crippen LogP contribution in [0.3, 0.4) is 0 Å². The molecule has 4 nitrogen and oxygen atoms in total. The summed E-state index contributed by atoms with van der Waals surface area (Å²) in [4.78, 5) is 0. The zero-order chi connectivity index (χ0) is 19.9. The number of fused-ring (bicyclic) bond motifs is 1. The Morgan fingerprint density at radius 1 is 1.00 bits per heavy atom. The Labute approximate surface area is 172 Å². The predicted octanol–water partition coefficient (Wildman–Crippen LogP) is 4.42. The van der Waals surface area contributed by atoms with Crippen molar-refractivity contribution >= 4 is 0 Å². The molecule has 3 fully saturated rings. The number of rotatable bonds is 8. The normalized spacial score (nSPS) is 39.0. The van der Waals surface area contributed by atoms with Crippen LogP contribution in [0.5, 0.6) is 0 Å². The van der Waals surface area contributed by atoms with Gasteiger partial charge in [-0.1, -0.05) is 19.8 Å². The molecule has 28 heavy (non-hydrogen) atoms. The highest BCUT2D eigenvalue weighted by molar-refractivity contribution is 4.88. The standard InChI is InChI=1S/C24H44O4/c1-17-6-11-21-4-3-5-22(23(21)16-28-17)18(2)24(26)12-13-27-15-20-9-7-19(14-25)8-10-20/h17-26H,3-16H2,1-2H3/t17?,18-,19?,20?,21-,22+,23?,24-/m1/s1. The summed E-state index contributed by atoms with van der Waals surface area (Å²) in [7, 11) is 0. The number of aliphatic hydroxyl groups excluding tert-OH is 2. The van der Waals surface area contributed by atoms with E-state index >= 15 is 0 Å². The molecule has 0 radical (unpaired) electrons. The van der Waals surface area contributed by atoms with Gasteiger partial charge in [-0.05, 0) is 93.8 Å². The number of hydrogen-bond acceptors (Lipinski definition) is 4. The summed E-state index contributed by atoms with van der Waals surface area (Å²) in [5.74, 6) is 3.49. The highest BCUT2D eigenvalue weighted by Gasteiger charge is 2.39. The van der Waals surface area contributed by atoms with Crippen LogP contribution in [0.1, 0.15) is 78.1 Å². The lowest BCUT2D eigenvalue weighted by atomic mass is 9.65. The Balaban J connectivity index is 1.38. The first-order chi connectivity index (χ1) is 13.6. The second kappa shape index (κ2) is 11.3. The molecule has 3 rings (SSSR count). The van der Waals surface area contributed by atoms with Crippen molar-refractivity contribution in [3.05, 3.63) is 0 Å². The van der Waals surface area contributed by atoms with Crippen LogP contribution in [-0.4, -0.2) is 48.8 Å². The maximum absolute atomic E-state index is 10.8. The first-order valence-corrected chi connectivity index (χ1v) is 12.1. The Kier molecular flexibility index (Phi) is 9.08. The van der Waals surface area contributed by atoms with Gasteiger partial charge < -0.3 is 19.7 Å². The third-order valence-electron chi connectivity index (χ3n) is 8.20. The molecule has 164 valence electrons.